The molecule has 1 atom stereocenters. The summed E-state index contributed by atoms with van der Waals surface area (Å²) in [5, 5.41) is 2.89. The Bertz CT molecular complexity index is 1200. The van der Waals surface area contributed by atoms with Crippen molar-refractivity contribution in [3.63, 3.8) is 0 Å². The van der Waals surface area contributed by atoms with Gasteiger partial charge in [0.2, 0.25) is 5.76 Å². The molecule has 7 heteroatoms. The molecule has 4 rings (SSSR count). The molecule has 0 aliphatic carbocycles. The van der Waals surface area contributed by atoms with Crippen LogP contribution in [0.2, 0.25) is 0 Å². The fraction of sp³-hybridized carbons (Fsp3) is 0.333. The molecule has 1 unspecified atom stereocenters. The van der Waals surface area contributed by atoms with Crippen molar-refractivity contribution < 1.29 is 23.1 Å². The van der Waals surface area contributed by atoms with Crippen molar-refractivity contribution in [2.75, 3.05) is 13.2 Å². The molecule has 31 heavy (non-hydrogen) atoms. The summed E-state index contributed by atoms with van der Waals surface area (Å²) in [6.07, 6.45) is 0.907. The van der Waals surface area contributed by atoms with Gasteiger partial charge in [-0.2, -0.15) is 0 Å². The van der Waals surface area contributed by atoms with Crippen molar-refractivity contribution in [2.45, 2.75) is 33.2 Å². The highest BCUT2D eigenvalue weighted by atomic mass is 19.1. The van der Waals surface area contributed by atoms with Gasteiger partial charge in [0.05, 0.1) is 30.2 Å². The van der Waals surface area contributed by atoms with E-state index in [-0.39, 0.29) is 22.3 Å². The zero-order chi connectivity index (χ0) is 22.1. The lowest BCUT2D eigenvalue weighted by Gasteiger charge is -2.17. The van der Waals surface area contributed by atoms with Crippen molar-refractivity contribution in [3.05, 3.63) is 69.3 Å². The van der Waals surface area contributed by atoms with E-state index in [2.05, 4.69) is 19.2 Å². The van der Waals surface area contributed by atoms with E-state index in [4.69, 9.17) is 13.9 Å². The minimum atomic E-state index is -0.727. The number of benzene rings is 2. The number of hydrogen-bond acceptors (Lipinski definition) is 5. The molecule has 3 aromatic rings. The second-order valence-corrected chi connectivity index (χ2v) is 7.89. The predicted molar refractivity (Wildman–Crippen MR) is 114 cm³/mol. The minimum Gasteiger partial charge on any atom is -0.490 e. The van der Waals surface area contributed by atoms with Crippen molar-refractivity contribution in [1.82, 2.24) is 5.32 Å². The van der Waals surface area contributed by atoms with Gasteiger partial charge in [-0.05, 0) is 55.2 Å². The molecule has 0 saturated carbocycles. The van der Waals surface area contributed by atoms with E-state index in [0.717, 1.165) is 12.5 Å². The Kier molecular flexibility index (Phi) is 5.67. The highest BCUT2D eigenvalue weighted by Gasteiger charge is 2.36. The van der Waals surface area contributed by atoms with E-state index in [9.17, 15) is 14.0 Å². The zero-order valence-corrected chi connectivity index (χ0v) is 17.7. The SMILES string of the molecule is CCOc1cc(C2NC(=O)c3oc4ccc(F)cc4c(=O)c32)ccc1OCCC(C)C. The number of hydrogen-bond donors (Lipinski definition) is 1. The van der Waals surface area contributed by atoms with Gasteiger partial charge in [-0.15, -0.1) is 0 Å². The normalized spacial score (nSPS) is 15.3. The lowest BCUT2D eigenvalue weighted by atomic mass is 9.99. The molecule has 1 N–H and O–H groups in total. The number of ether oxygens (including phenoxy) is 2. The van der Waals surface area contributed by atoms with Crippen molar-refractivity contribution in [3.8, 4) is 11.5 Å². The number of carbonyl (C=O) groups excluding carboxylic acids is 1. The third-order valence-corrected chi connectivity index (χ3v) is 5.21. The lowest BCUT2D eigenvalue weighted by molar-refractivity contribution is 0.0938. The number of carbonyl (C=O) groups is 1. The zero-order valence-electron chi connectivity index (χ0n) is 17.7. The molecular formula is C24H24FNO5. The third-order valence-electron chi connectivity index (χ3n) is 5.21. The molecule has 6 nitrogen and oxygen atoms in total. The number of fused-ring (bicyclic) bond motifs is 2. The first-order valence-corrected chi connectivity index (χ1v) is 10.4. The molecule has 0 radical (unpaired) electrons. The van der Waals surface area contributed by atoms with E-state index in [1.165, 1.54) is 12.1 Å². The van der Waals surface area contributed by atoms with Gasteiger partial charge in [0, 0.05) is 0 Å². The summed E-state index contributed by atoms with van der Waals surface area (Å²) in [4.78, 5) is 25.6. The van der Waals surface area contributed by atoms with Gasteiger partial charge in [-0.25, -0.2) is 4.39 Å². The average Bonchev–Trinajstić information content (AvgIpc) is 3.06. The van der Waals surface area contributed by atoms with E-state index in [1.807, 2.05) is 6.92 Å². The molecule has 0 spiro atoms. The van der Waals surface area contributed by atoms with Crippen LogP contribution in [0.25, 0.3) is 11.0 Å². The summed E-state index contributed by atoms with van der Waals surface area (Å²) in [5.41, 5.74) is 0.549. The monoisotopic (exact) mass is 425 g/mol. The second-order valence-electron chi connectivity index (χ2n) is 7.89. The lowest BCUT2D eigenvalue weighted by Crippen LogP contribution is -2.22. The van der Waals surface area contributed by atoms with E-state index in [0.29, 0.717) is 36.2 Å². The van der Waals surface area contributed by atoms with Crippen LogP contribution >= 0.6 is 0 Å². The van der Waals surface area contributed by atoms with Gasteiger partial charge in [0.1, 0.15) is 11.4 Å². The number of halogens is 1. The maximum Gasteiger partial charge on any atom is 0.288 e. The molecule has 1 aromatic heterocycles. The predicted octanol–water partition coefficient (Wildman–Crippen LogP) is 4.59. The Morgan fingerprint density at radius 3 is 2.65 bits per heavy atom. The van der Waals surface area contributed by atoms with Crippen LogP contribution in [0, 0.1) is 11.7 Å². The van der Waals surface area contributed by atoms with Gasteiger partial charge in [-0.3, -0.25) is 9.59 Å². The average molecular weight is 425 g/mol. The molecule has 2 aromatic carbocycles. The summed E-state index contributed by atoms with van der Waals surface area (Å²) >= 11 is 0. The second kappa shape index (κ2) is 8.41. The minimum absolute atomic E-state index is 0.0515. The highest BCUT2D eigenvalue weighted by Crippen LogP contribution is 2.36. The first kappa shape index (κ1) is 20.9. The quantitative estimate of drug-likeness (QED) is 0.599. The van der Waals surface area contributed by atoms with Gasteiger partial charge in [-0.1, -0.05) is 19.9 Å². The van der Waals surface area contributed by atoms with Crippen LogP contribution in [0.5, 0.6) is 11.5 Å². The smallest absolute Gasteiger partial charge is 0.288 e. The molecule has 1 aliphatic heterocycles. The number of amides is 1. The Balaban J connectivity index is 1.75. The maximum atomic E-state index is 13.7. The van der Waals surface area contributed by atoms with Crippen LogP contribution in [0.1, 0.15) is 54.9 Å². The van der Waals surface area contributed by atoms with Crippen LogP contribution < -0.4 is 20.2 Å². The fourth-order valence-corrected chi connectivity index (χ4v) is 3.63. The first-order chi connectivity index (χ1) is 14.9. The van der Waals surface area contributed by atoms with E-state index < -0.39 is 23.2 Å². The molecule has 2 heterocycles. The fourth-order valence-electron chi connectivity index (χ4n) is 3.63. The van der Waals surface area contributed by atoms with Crippen molar-refractivity contribution in [2.24, 2.45) is 5.92 Å². The molecule has 1 aliphatic rings. The molecule has 0 fully saturated rings. The number of nitrogens with one attached hydrogen (secondary N) is 1. The summed E-state index contributed by atoms with van der Waals surface area (Å²) < 4.78 is 31.0. The summed E-state index contributed by atoms with van der Waals surface area (Å²) in [7, 11) is 0. The van der Waals surface area contributed by atoms with Crippen molar-refractivity contribution in [1.29, 1.82) is 0 Å². The van der Waals surface area contributed by atoms with Crippen LogP contribution in [-0.2, 0) is 0 Å². The van der Waals surface area contributed by atoms with Crippen LogP contribution in [0.15, 0.2) is 45.6 Å². The summed E-state index contributed by atoms with van der Waals surface area (Å²) in [6.45, 7) is 7.10. The van der Waals surface area contributed by atoms with E-state index in [1.54, 1.807) is 18.2 Å². The Labute approximate surface area is 179 Å². The Hall–Kier alpha value is -3.35. The molecule has 1 amide bonds. The Morgan fingerprint density at radius 1 is 1.10 bits per heavy atom. The van der Waals surface area contributed by atoms with Gasteiger partial charge in [0.15, 0.2) is 16.9 Å². The standard InChI is InChI=1S/C24H24FNO5/c1-4-29-19-11-14(5-7-18(19)30-10-9-13(2)3)21-20-22(27)16-12-15(25)6-8-17(16)31-23(20)24(28)26-21/h5-8,11-13,21H,4,9-10H2,1-3H3,(H,26,28). The highest BCUT2D eigenvalue weighted by molar-refractivity contribution is 5.99. The van der Waals surface area contributed by atoms with Crippen molar-refractivity contribution >= 4 is 16.9 Å². The van der Waals surface area contributed by atoms with Gasteiger partial charge in [0.25, 0.3) is 5.91 Å². The first-order valence-electron chi connectivity index (χ1n) is 10.4. The van der Waals surface area contributed by atoms with Crippen LogP contribution in [0.4, 0.5) is 4.39 Å². The maximum absolute atomic E-state index is 13.7. The largest absolute Gasteiger partial charge is 0.490 e. The molecule has 162 valence electrons. The molecular weight excluding hydrogens is 401 g/mol. The summed E-state index contributed by atoms with van der Waals surface area (Å²) in [6, 6.07) is 8.24. The van der Waals surface area contributed by atoms with Gasteiger partial charge < -0.3 is 19.2 Å². The van der Waals surface area contributed by atoms with Gasteiger partial charge >= 0.3 is 0 Å². The van der Waals surface area contributed by atoms with E-state index >= 15 is 0 Å². The van der Waals surface area contributed by atoms with Crippen LogP contribution in [-0.4, -0.2) is 19.1 Å². The molecule has 0 saturated heterocycles. The summed E-state index contributed by atoms with van der Waals surface area (Å²) in [5.74, 6) is 0.558. The third kappa shape index (κ3) is 4.00. The number of rotatable bonds is 7. The molecule has 0 bridgehead atoms. The van der Waals surface area contributed by atoms with Crippen LogP contribution in [0.3, 0.4) is 0 Å². The topological polar surface area (TPSA) is 77.8 Å². The Morgan fingerprint density at radius 2 is 1.90 bits per heavy atom.